The van der Waals surface area contributed by atoms with Gasteiger partial charge in [0.1, 0.15) is 0 Å². The standard InChI is InChI=1S/C44H28/c1-3-12-29(13-4-1)33-22-25-40-42(28-33)43(30-14-5-2-6-15-30)38-18-9-10-19-39(38)44(40)37-21-11-20-35-36(37)24-23-34-26-31-16-7-8-17-32(31)27-41(34)35/h1-28H/i7D,8D,9D,10D,11D,16D,17D,18D,19D,20D,21D,22D,23D,24D,25D,26D,27D,28D. The molecule has 0 unspecified atom stereocenters. The van der Waals surface area contributed by atoms with Crippen molar-refractivity contribution < 1.29 is 24.7 Å². The van der Waals surface area contributed by atoms with Crippen molar-refractivity contribution in [3.05, 3.63) is 169 Å². The summed E-state index contributed by atoms with van der Waals surface area (Å²) in [4.78, 5) is 0. The monoisotopic (exact) mass is 574 g/mol. The van der Waals surface area contributed by atoms with E-state index in [4.69, 9.17) is 8.22 Å². The lowest BCUT2D eigenvalue weighted by Crippen LogP contribution is -1.92. The quantitative estimate of drug-likeness (QED) is 0.145. The van der Waals surface area contributed by atoms with Crippen molar-refractivity contribution in [2.24, 2.45) is 0 Å². The third-order valence-electron chi connectivity index (χ3n) is 7.75. The van der Waals surface area contributed by atoms with Crippen LogP contribution >= 0.6 is 0 Å². The molecule has 0 saturated heterocycles. The molecule has 0 heterocycles. The molecule has 0 fully saturated rings. The minimum atomic E-state index is -0.814. The van der Waals surface area contributed by atoms with E-state index < -0.39 is 141 Å². The van der Waals surface area contributed by atoms with Crippen LogP contribution in [0, 0.1) is 0 Å². The summed E-state index contributed by atoms with van der Waals surface area (Å²) in [5, 5.41) is -3.32. The zero-order valence-electron chi connectivity index (χ0n) is 40.8. The molecule has 0 amide bonds. The van der Waals surface area contributed by atoms with Crippen LogP contribution in [-0.4, -0.2) is 0 Å². The van der Waals surface area contributed by atoms with Crippen molar-refractivity contribution in [3.8, 4) is 33.4 Å². The first-order valence-electron chi connectivity index (χ1n) is 22.8. The molecule has 0 aliphatic heterocycles. The van der Waals surface area contributed by atoms with E-state index in [1.807, 2.05) is 0 Å². The van der Waals surface area contributed by atoms with Crippen LogP contribution in [0.1, 0.15) is 24.7 Å². The van der Waals surface area contributed by atoms with Gasteiger partial charge in [-0.25, -0.2) is 0 Å². The van der Waals surface area contributed by atoms with E-state index in [9.17, 15) is 16.4 Å². The van der Waals surface area contributed by atoms with E-state index in [0.29, 0.717) is 11.1 Å². The molecule has 9 aromatic rings. The average Bonchev–Trinajstić information content (AvgIpc) is 3.26. The normalized spacial score (nSPS) is 17.4. The van der Waals surface area contributed by atoms with E-state index in [1.165, 1.54) is 0 Å². The summed E-state index contributed by atoms with van der Waals surface area (Å²) in [5.74, 6) is 0. The van der Waals surface area contributed by atoms with Gasteiger partial charge in [0.15, 0.2) is 0 Å². The summed E-state index contributed by atoms with van der Waals surface area (Å²) in [6, 6.07) is 5.01. The lowest BCUT2D eigenvalue weighted by Gasteiger charge is -2.20. The molecule has 0 aliphatic rings. The first-order chi connectivity index (χ1) is 29.4. The van der Waals surface area contributed by atoms with Gasteiger partial charge in [0.2, 0.25) is 0 Å². The Morgan fingerprint density at radius 3 is 1.70 bits per heavy atom. The average molecular weight is 575 g/mol. The summed E-state index contributed by atoms with van der Waals surface area (Å²) in [6.07, 6.45) is 0. The van der Waals surface area contributed by atoms with Crippen LogP contribution < -0.4 is 0 Å². The highest BCUT2D eigenvalue weighted by Crippen LogP contribution is 2.46. The molecule has 0 heteroatoms. The Hall–Kier alpha value is -5.72. The van der Waals surface area contributed by atoms with Gasteiger partial charge in [-0.1, -0.05) is 151 Å². The highest BCUT2D eigenvalue weighted by atomic mass is 14.2. The Kier molecular flexibility index (Phi) is 2.91. The fraction of sp³-hybridized carbons (Fsp3) is 0. The summed E-state index contributed by atoms with van der Waals surface area (Å²) >= 11 is 0. The minimum Gasteiger partial charge on any atom is -0.0622 e. The first-order valence-corrected chi connectivity index (χ1v) is 13.8. The third-order valence-corrected chi connectivity index (χ3v) is 7.75. The van der Waals surface area contributed by atoms with Crippen LogP contribution in [0.3, 0.4) is 0 Å². The molecule has 0 bridgehead atoms. The molecule has 0 spiro atoms. The van der Waals surface area contributed by atoms with Gasteiger partial charge in [-0.3, -0.25) is 0 Å². The van der Waals surface area contributed by atoms with Crippen LogP contribution in [0.25, 0.3) is 87.2 Å². The number of benzene rings is 9. The second kappa shape index (κ2) is 9.93. The summed E-state index contributed by atoms with van der Waals surface area (Å²) < 4.78 is 165. The Balaban J connectivity index is 1.67. The van der Waals surface area contributed by atoms with Gasteiger partial charge < -0.3 is 0 Å². The van der Waals surface area contributed by atoms with Gasteiger partial charge in [0.05, 0.1) is 24.7 Å². The van der Waals surface area contributed by atoms with Gasteiger partial charge in [0.25, 0.3) is 0 Å². The summed E-state index contributed by atoms with van der Waals surface area (Å²) in [6.45, 7) is 0. The summed E-state index contributed by atoms with van der Waals surface area (Å²) in [5.41, 5.74) is 0.0633. The predicted octanol–water partition coefficient (Wildman–Crippen LogP) is 12.5. The molecule has 0 nitrogen and oxygen atoms in total. The topological polar surface area (TPSA) is 0 Å². The molecule has 0 saturated carbocycles. The second-order valence-electron chi connectivity index (χ2n) is 10.2. The lowest BCUT2D eigenvalue weighted by atomic mass is 9.83. The number of rotatable bonds is 3. The van der Waals surface area contributed by atoms with Crippen LogP contribution in [-0.2, 0) is 0 Å². The zero-order valence-corrected chi connectivity index (χ0v) is 22.8. The molecule has 9 rings (SSSR count). The minimum absolute atomic E-state index is 0.0175. The third kappa shape index (κ3) is 3.85. The van der Waals surface area contributed by atoms with Crippen molar-refractivity contribution in [1.29, 1.82) is 0 Å². The lowest BCUT2D eigenvalue weighted by molar-refractivity contribution is 1.63. The van der Waals surface area contributed by atoms with Crippen LogP contribution in [0.5, 0.6) is 0 Å². The molecule has 0 aromatic heterocycles. The smallest absolute Gasteiger partial charge is 0.0622 e. The van der Waals surface area contributed by atoms with Gasteiger partial charge in [-0.15, -0.1) is 0 Å². The Morgan fingerprint density at radius 2 is 0.932 bits per heavy atom. The number of hydrogen-bond acceptors (Lipinski definition) is 0. The highest BCUT2D eigenvalue weighted by molar-refractivity contribution is 6.25. The molecule has 0 radical (unpaired) electrons. The predicted molar refractivity (Wildman–Crippen MR) is 190 cm³/mol. The molecular formula is C44H28. The maximum absolute atomic E-state index is 9.85. The van der Waals surface area contributed by atoms with E-state index >= 15 is 0 Å². The SMILES string of the molecule is [2H]c1c([2H])c([2H])c2c(-c3c([2H])c([2H])c([2H])c4c3c([2H])c([2H])c3c([2H])c5c([2H])c([2H])c([2H])c([2H])c5c([2H])c34)c3c([2H])c([2H])c(-c4ccccc4)c([2H])c3c(-c3ccccc3)c2c1[2H]. The maximum atomic E-state index is 9.85. The van der Waals surface area contributed by atoms with Crippen molar-refractivity contribution >= 4 is 53.9 Å². The Morgan fingerprint density at radius 1 is 0.318 bits per heavy atom. The van der Waals surface area contributed by atoms with Crippen LogP contribution in [0.4, 0.5) is 0 Å². The van der Waals surface area contributed by atoms with E-state index in [2.05, 4.69) is 0 Å². The summed E-state index contributed by atoms with van der Waals surface area (Å²) in [7, 11) is 0. The van der Waals surface area contributed by atoms with Gasteiger partial charge >= 0.3 is 0 Å². The molecule has 0 aliphatic carbocycles. The molecule has 9 aromatic carbocycles. The Bertz CT molecular complexity index is 3530. The largest absolute Gasteiger partial charge is 0.0636 e. The van der Waals surface area contributed by atoms with E-state index in [-0.39, 0.29) is 44.3 Å². The molecule has 0 atom stereocenters. The fourth-order valence-electron chi connectivity index (χ4n) is 5.80. The zero-order chi connectivity index (χ0) is 44.7. The maximum Gasteiger partial charge on any atom is 0.0636 e. The van der Waals surface area contributed by atoms with E-state index in [1.54, 1.807) is 60.7 Å². The molecular weight excluding hydrogens is 528 g/mol. The van der Waals surface area contributed by atoms with Crippen LogP contribution in [0.2, 0.25) is 0 Å². The van der Waals surface area contributed by atoms with Crippen molar-refractivity contribution in [1.82, 2.24) is 0 Å². The highest BCUT2D eigenvalue weighted by Gasteiger charge is 2.19. The molecule has 44 heavy (non-hydrogen) atoms. The van der Waals surface area contributed by atoms with Crippen molar-refractivity contribution in [2.45, 2.75) is 0 Å². The molecule has 0 N–H and O–H groups in total. The van der Waals surface area contributed by atoms with Crippen LogP contribution in [0.15, 0.2) is 169 Å². The second-order valence-corrected chi connectivity index (χ2v) is 10.2. The number of fused-ring (bicyclic) bond motifs is 6. The first kappa shape index (κ1) is 12.9. The van der Waals surface area contributed by atoms with Crippen molar-refractivity contribution in [2.75, 3.05) is 0 Å². The molecule has 204 valence electrons. The van der Waals surface area contributed by atoms with Gasteiger partial charge in [-0.05, 0) is 105 Å². The fourth-order valence-corrected chi connectivity index (χ4v) is 5.80. The van der Waals surface area contributed by atoms with Gasteiger partial charge in [-0.2, -0.15) is 0 Å². The van der Waals surface area contributed by atoms with Gasteiger partial charge in [0, 0.05) is 0 Å². The van der Waals surface area contributed by atoms with E-state index in [0.717, 1.165) is 0 Å². The number of hydrogen-bond donors (Lipinski definition) is 0. The Labute approximate surface area is 281 Å². The van der Waals surface area contributed by atoms with Crippen molar-refractivity contribution in [3.63, 3.8) is 0 Å².